The van der Waals surface area contributed by atoms with Crippen LogP contribution in [-0.4, -0.2) is 64.5 Å². The van der Waals surface area contributed by atoms with Crippen LogP contribution >= 0.6 is 0 Å². The molecule has 31 heavy (non-hydrogen) atoms. The summed E-state index contributed by atoms with van der Waals surface area (Å²) in [5.74, 6) is -1.52. The van der Waals surface area contributed by atoms with Crippen molar-refractivity contribution in [2.45, 2.75) is 6.92 Å². The zero-order valence-corrected chi connectivity index (χ0v) is 17.0. The molecular formula is C23H21N3O5. The standard InChI is InChI=1S/C23H21N3O5/c1-15(27)31-17-7-8-20-18(13-17)19(14-24-20)21(28)23(30)26-11-9-25(10-12-26)22(29)16-5-3-2-4-6-16/h2-8,13-14,24H,9-12H2,1H3. The number of aromatic amines is 1. The Labute approximate surface area is 178 Å². The third kappa shape index (κ3) is 4.18. The highest BCUT2D eigenvalue weighted by atomic mass is 16.5. The summed E-state index contributed by atoms with van der Waals surface area (Å²) in [5.41, 5.74) is 1.47. The maximum absolute atomic E-state index is 12.9. The number of nitrogens with one attached hydrogen (secondary N) is 1. The number of Topliss-reactive ketones (excluding diaryl/α,β-unsaturated/α-hetero) is 1. The summed E-state index contributed by atoms with van der Waals surface area (Å²) in [5, 5.41) is 0.509. The lowest BCUT2D eigenvalue weighted by atomic mass is 10.1. The number of hydrogen-bond acceptors (Lipinski definition) is 5. The lowest BCUT2D eigenvalue weighted by Gasteiger charge is -2.34. The summed E-state index contributed by atoms with van der Waals surface area (Å²) < 4.78 is 5.08. The summed E-state index contributed by atoms with van der Waals surface area (Å²) in [7, 11) is 0. The molecule has 2 aromatic carbocycles. The summed E-state index contributed by atoms with van der Waals surface area (Å²) in [6, 6.07) is 13.8. The summed E-state index contributed by atoms with van der Waals surface area (Å²) in [6.45, 7) is 2.57. The molecule has 0 radical (unpaired) electrons. The predicted molar refractivity (Wildman–Crippen MR) is 113 cm³/mol. The maximum atomic E-state index is 12.9. The van der Waals surface area contributed by atoms with Gasteiger partial charge < -0.3 is 19.5 Å². The number of esters is 1. The number of ether oxygens (including phenoxy) is 1. The molecule has 0 saturated carbocycles. The predicted octanol–water partition coefficient (Wildman–Crippen LogP) is 2.26. The molecule has 0 spiro atoms. The van der Waals surface area contributed by atoms with Gasteiger partial charge in [-0.25, -0.2) is 0 Å². The zero-order chi connectivity index (χ0) is 22.0. The fourth-order valence-electron chi connectivity index (χ4n) is 3.65. The van der Waals surface area contributed by atoms with Crippen LogP contribution < -0.4 is 4.74 Å². The maximum Gasteiger partial charge on any atom is 0.308 e. The molecule has 0 unspecified atom stereocenters. The van der Waals surface area contributed by atoms with E-state index in [9.17, 15) is 19.2 Å². The van der Waals surface area contributed by atoms with Crippen LogP contribution in [0.1, 0.15) is 27.6 Å². The molecule has 2 heterocycles. The molecular weight excluding hydrogens is 398 g/mol. The van der Waals surface area contributed by atoms with Crippen molar-refractivity contribution in [3.8, 4) is 5.75 Å². The van der Waals surface area contributed by atoms with E-state index in [2.05, 4.69) is 4.98 Å². The van der Waals surface area contributed by atoms with Gasteiger partial charge in [-0.05, 0) is 30.3 Å². The highest BCUT2D eigenvalue weighted by Crippen LogP contribution is 2.25. The number of amides is 2. The van der Waals surface area contributed by atoms with Gasteiger partial charge in [-0.2, -0.15) is 0 Å². The quantitative estimate of drug-likeness (QED) is 0.303. The molecule has 1 saturated heterocycles. The number of fused-ring (bicyclic) bond motifs is 1. The summed E-state index contributed by atoms with van der Waals surface area (Å²) in [6.07, 6.45) is 1.48. The van der Waals surface area contributed by atoms with Gasteiger partial charge in [-0.3, -0.25) is 19.2 Å². The molecule has 1 aliphatic heterocycles. The summed E-state index contributed by atoms with van der Waals surface area (Å²) >= 11 is 0. The van der Waals surface area contributed by atoms with E-state index in [-0.39, 0.29) is 24.6 Å². The van der Waals surface area contributed by atoms with Crippen LogP contribution in [0.25, 0.3) is 10.9 Å². The van der Waals surface area contributed by atoms with Crippen LogP contribution in [0.4, 0.5) is 0 Å². The first kappa shape index (κ1) is 20.3. The van der Waals surface area contributed by atoms with Crippen molar-refractivity contribution in [3.63, 3.8) is 0 Å². The van der Waals surface area contributed by atoms with Crippen molar-refractivity contribution in [1.82, 2.24) is 14.8 Å². The Balaban J connectivity index is 1.45. The molecule has 1 N–H and O–H groups in total. The molecule has 0 atom stereocenters. The van der Waals surface area contributed by atoms with Crippen LogP contribution in [0.3, 0.4) is 0 Å². The molecule has 1 aromatic heterocycles. The molecule has 4 rings (SSSR count). The third-order valence-electron chi connectivity index (χ3n) is 5.23. The van der Waals surface area contributed by atoms with Gasteiger partial charge in [0.2, 0.25) is 0 Å². The highest BCUT2D eigenvalue weighted by Gasteiger charge is 2.30. The van der Waals surface area contributed by atoms with E-state index in [0.29, 0.717) is 35.3 Å². The summed E-state index contributed by atoms with van der Waals surface area (Å²) in [4.78, 5) is 55.6. The Morgan fingerprint density at radius 1 is 0.903 bits per heavy atom. The van der Waals surface area contributed by atoms with Crippen molar-refractivity contribution in [2.75, 3.05) is 26.2 Å². The number of carbonyl (C=O) groups is 4. The van der Waals surface area contributed by atoms with E-state index in [1.807, 2.05) is 6.07 Å². The van der Waals surface area contributed by atoms with E-state index in [1.54, 1.807) is 47.4 Å². The first-order chi connectivity index (χ1) is 14.9. The van der Waals surface area contributed by atoms with Gasteiger partial charge in [0, 0.05) is 55.8 Å². The van der Waals surface area contributed by atoms with Crippen molar-refractivity contribution in [1.29, 1.82) is 0 Å². The van der Waals surface area contributed by atoms with Crippen molar-refractivity contribution >= 4 is 34.5 Å². The first-order valence-corrected chi connectivity index (χ1v) is 9.91. The van der Waals surface area contributed by atoms with Crippen molar-refractivity contribution < 1.29 is 23.9 Å². The number of ketones is 1. The topological polar surface area (TPSA) is 99.8 Å². The SMILES string of the molecule is CC(=O)Oc1ccc2[nH]cc(C(=O)C(=O)N3CCN(C(=O)c4ccccc4)CC3)c2c1. The second-order valence-corrected chi connectivity index (χ2v) is 7.28. The average molecular weight is 419 g/mol. The molecule has 2 amide bonds. The van der Waals surface area contributed by atoms with Crippen LogP contribution in [0, 0.1) is 0 Å². The van der Waals surface area contributed by atoms with Gasteiger partial charge in [0.1, 0.15) is 5.75 Å². The van der Waals surface area contributed by atoms with Gasteiger partial charge in [0.05, 0.1) is 5.56 Å². The number of hydrogen-bond donors (Lipinski definition) is 1. The molecule has 158 valence electrons. The second kappa shape index (κ2) is 8.43. The molecule has 1 fully saturated rings. The Hall–Kier alpha value is -3.94. The molecule has 1 aliphatic rings. The third-order valence-corrected chi connectivity index (χ3v) is 5.23. The smallest absolute Gasteiger partial charge is 0.308 e. The molecule has 3 aromatic rings. The van der Waals surface area contributed by atoms with E-state index in [4.69, 9.17) is 4.74 Å². The largest absolute Gasteiger partial charge is 0.427 e. The number of H-pyrrole nitrogens is 1. The molecule has 0 aliphatic carbocycles. The number of piperazine rings is 1. The number of aromatic nitrogens is 1. The van der Waals surface area contributed by atoms with Gasteiger partial charge in [0.25, 0.3) is 17.6 Å². The monoisotopic (exact) mass is 419 g/mol. The lowest BCUT2D eigenvalue weighted by Crippen LogP contribution is -2.52. The van der Waals surface area contributed by atoms with Crippen LogP contribution in [0.2, 0.25) is 0 Å². The minimum atomic E-state index is -0.644. The Morgan fingerprint density at radius 3 is 2.26 bits per heavy atom. The number of nitrogens with zero attached hydrogens (tertiary/aromatic N) is 2. The lowest BCUT2D eigenvalue weighted by molar-refractivity contribution is -0.132. The second-order valence-electron chi connectivity index (χ2n) is 7.28. The molecule has 8 heteroatoms. The highest BCUT2D eigenvalue weighted by molar-refractivity contribution is 6.44. The number of benzene rings is 2. The van der Waals surface area contributed by atoms with Crippen LogP contribution in [-0.2, 0) is 9.59 Å². The number of carbonyl (C=O) groups excluding carboxylic acids is 4. The van der Waals surface area contributed by atoms with Crippen molar-refractivity contribution in [2.24, 2.45) is 0 Å². The Morgan fingerprint density at radius 2 is 1.58 bits per heavy atom. The fourth-order valence-corrected chi connectivity index (χ4v) is 3.65. The van der Waals surface area contributed by atoms with Gasteiger partial charge in [-0.1, -0.05) is 18.2 Å². The van der Waals surface area contributed by atoms with E-state index < -0.39 is 17.7 Å². The minimum Gasteiger partial charge on any atom is -0.427 e. The Bertz CT molecular complexity index is 1160. The van der Waals surface area contributed by atoms with Gasteiger partial charge in [-0.15, -0.1) is 0 Å². The van der Waals surface area contributed by atoms with Crippen LogP contribution in [0.15, 0.2) is 54.7 Å². The van der Waals surface area contributed by atoms with Crippen molar-refractivity contribution in [3.05, 3.63) is 65.9 Å². The Kier molecular flexibility index (Phi) is 5.53. The van der Waals surface area contributed by atoms with Gasteiger partial charge >= 0.3 is 5.97 Å². The minimum absolute atomic E-state index is 0.0892. The van der Waals surface area contributed by atoms with Crippen LogP contribution in [0.5, 0.6) is 5.75 Å². The van der Waals surface area contributed by atoms with Gasteiger partial charge in [0.15, 0.2) is 0 Å². The average Bonchev–Trinajstić information content (AvgIpc) is 3.21. The normalized spacial score (nSPS) is 13.8. The van der Waals surface area contributed by atoms with E-state index in [0.717, 1.165) is 0 Å². The zero-order valence-electron chi connectivity index (χ0n) is 17.0. The van der Waals surface area contributed by atoms with E-state index >= 15 is 0 Å². The molecule has 8 nitrogen and oxygen atoms in total. The molecule has 0 bridgehead atoms. The van der Waals surface area contributed by atoms with E-state index in [1.165, 1.54) is 18.0 Å². The fraction of sp³-hybridized carbons (Fsp3) is 0.217. The number of rotatable bonds is 4. The first-order valence-electron chi connectivity index (χ1n) is 9.91.